The molecule has 8 nitrogen and oxygen atoms in total. The molecule has 3 aromatic heterocycles. The van der Waals surface area contributed by atoms with E-state index in [1.807, 2.05) is 31.5 Å². The lowest BCUT2D eigenvalue weighted by atomic mass is 10.2. The lowest BCUT2D eigenvalue weighted by Gasteiger charge is -2.26. The van der Waals surface area contributed by atoms with Crippen LogP contribution in [-0.4, -0.2) is 63.8 Å². The molecule has 2 N–H and O–H groups in total. The van der Waals surface area contributed by atoms with Gasteiger partial charge in [-0.25, -0.2) is 15.0 Å². The van der Waals surface area contributed by atoms with E-state index < -0.39 is 0 Å². The van der Waals surface area contributed by atoms with Gasteiger partial charge in [-0.05, 0) is 55.8 Å². The molecule has 0 amide bonds. The quantitative estimate of drug-likeness (QED) is 0.292. The molecule has 10 heteroatoms. The Morgan fingerprint density at radius 1 is 1.12 bits per heavy atom. The van der Waals surface area contributed by atoms with Crippen molar-refractivity contribution in [3.63, 3.8) is 0 Å². The second kappa shape index (κ2) is 10.8. The highest BCUT2D eigenvalue weighted by atomic mass is 79.9. The maximum atomic E-state index is 5.44. The number of hydrogen-bond donors (Lipinski definition) is 2. The van der Waals surface area contributed by atoms with Crippen molar-refractivity contribution < 1.29 is 4.74 Å². The summed E-state index contributed by atoms with van der Waals surface area (Å²) in [4.78, 5) is 16.4. The maximum absolute atomic E-state index is 5.44. The van der Waals surface area contributed by atoms with E-state index in [9.17, 15) is 0 Å². The van der Waals surface area contributed by atoms with Crippen molar-refractivity contribution in [3.05, 3.63) is 58.6 Å². The van der Waals surface area contributed by atoms with Crippen LogP contribution in [-0.2, 0) is 11.3 Å². The Bertz CT molecular complexity index is 1250. The van der Waals surface area contributed by atoms with Gasteiger partial charge in [-0.3, -0.25) is 4.90 Å². The number of benzene rings is 1. The Labute approximate surface area is 211 Å². The fourth-order valence-corrected chi connectivity index (χ4v) is 5.43. The Kier molecular flexibility index (Phi) is 7.39. The summed E-state index contributed by atoms with van der Waals surface area (Å²) in [5.41, 5.74) is 2.13. The summed E-state index contributed by atoms with van der Waals surface area (Å²) in [6.45, 7) is 8.40. The highest BCUT2D eigenvalue weighted by Crippen LogP contribution is 2.30. The zero-order valence-corrected chi connectivity index (χ0v) is 21.5. The third-order valence-electron chi connectivity index (χ3n) is 5.81. The fraction of sp³-hybridized carbons (Fsp3) is 0.375. The minimum atomic E-state index is 0.734. The van der Waals surface area contributed by atoms with Crippen LogP contribution in [0.4, 0.5) is 16.8 Å². The number of hydrogen-bond acceptors (Lipinski definition) is 8. The van der Waals surface area contributed by atoms with E-state index in [1.165, 1.54) is 0 Å². The first kappa shape index (κ1) is 23.2. The lowest BCUT2D eigenvalue weighted by molar-refractivity contribution is 0.0378. The van der Waals surface area contributed by atoms with Crippen LogP contribution in [0, 0.1) is 6.92 Å². The molecule has 0 atom stereocenters. The standard InChI is InChI=1S/C24H28BrN7OS/c1-17-26-6-8-32(17)16-18-13-22(27-5-2-7-31-9-11-33-12-10-31)29-23(14-18)30-24-28-20-4-3-19(25)15-21(20)34-24/h3-4,6,8,13-15H,2,5,7,9-12,16H2,1H3,(H2,27,28,29,30). The van der Waals surface area contributed by atoms with Crippen molar-refractivity contribution in [3.8, 4) is 0 Å². The molecule has 0 radical (unpaired) electrons. The number of thiazole rings is 1. The van der Waals surface area contributed by atoms with Gasteiger partial charge in [0.15, 0.2) is 5.13 Å². The number of pyridine rings is 1. The molecule has 1 aliphatic rings. The average Bonchev–Trinajstić information content (AvgIpc) is 3.42. The maximum Gasteiger partial charge on any atom is 0.189 e. The number of fused-ring (bicyclic) bond motifs is 1. The zero-order chi connectivity index (χ0) is 23.3. The molecule has 5 rings (SSSR count). The van der Waals surface area contributed by atoms with E-state index in [0.29, 0.717) is 0 Å². The molecule has 4 aromatic rings. The molecule has 34 heavy (non-hydrogen) atoms. The van der Waals surface area contributed by atoms with Crippen LogP contribution in [0.25, 0.3) is 10.2 Å². The first-order valence-electron chi connectivity index (χ1n) is 11.5. The van der Waals surface area contributed by atoms with Crippen LogP contribution in [0.5, 0.6) is 0 Å². The van der Waals surface area contributed by atoms with Gasteiger partial charge in [0.2, 0.25) is 0 Å². The Balaban J connectivity index is 1.31. The van der Waals surface area contributed by atoms with Gasteiger partial charge >= 0.3 is 0 Å². The summed E-state index contributed by atoms with van der Waals surface area (Å²) in [5.74, 6) is 2.63. The molecule has 1 saturated heterocycles. The van der Waals surface area contributed by atoms with Crippen LogP contribution >= 0.6 is 27.3 Å². The molecule has 0 aliphatic carbocycles. The monoisotopic (exact) mass is 541 g/mol. The molecule has 0 bridgehead atoms. The summed E-state index contributed by atoms with van der Waals surface area (Å²) in [6.07, 6.45) is 4.89. The largest absolute Gasteiger partial charge is 0.379 e. The SMILES string of the molecule is Cc1nccn1Cc1cc(NCCCN2CCOCC2)nc(Nc2nc3ccc(Br)cc3s2)c1. The number of nitrogens with zero attached hydrogens (tertiary/aromatic N) is 5. The third-order valence-corrected chi connectivity index (χ3v) is 7.23. The van der Waals surface area contributed by atoms with Crippen molar-refractivity contribution in [2.24, 2.45) is 0 Å². The first-order chi connectivity index (χ1) is 16.6. The molecular formula is C24H28BrN7OS. The number of halogens is 1. The number of anilines is 3. The molecule has 0 saturated carbocycles. The van der Waals surface area contributed by atoms with Gasteiger partial charge in [-0.2, -0.15) is 0 Å². The number of aromatic nitrogens is 4. The van der Waals surface area contributed by atoms with Gasteiger partial charge in [0.25, 0.3) is 0 Å². The Morgan fingerprint density at radius 3 is 2.79 bits per heavy atom. The van der Waals surface area contributed by atoms with Gasteiger partial charge in [-0.1, -0.05) is 27.3 Å². The molecule has 4 heterocycles. The molecule has 1 aliphatic heterocycles. The molecular weight excluding hydrogens is 514 g/mol. The van der Waals surface area contributed by atoms with E-state index in [-0.39, 0.29) is 0 Å². The van der Waals surface area contributed by atoms with Crippen LogP contribution in [0.15, 0.2) is 47.2 Å². The van der Waals surface area contributed by atoms with Crippen LogP contribution < -0.4 is 10.6 Å². The smallest absolute Gasteiger partial charge is 0.189 e. The van der Waals surface area contributed by atoms with E-state index in [1.54, 1.807) is 11.3 Å². The Morgan fingerprint density at radius 2 is 1.97 bits per heavy atom. The minimum Gasteiger partial charge on any atom is -0.379 e. The van der Waals surface area contributed by atoms with E-state index in [0.717, 1.165) is 95.2 Å². The van der Waals surface area contributed by atoms with Crippen molar-refractivity contribution in [2.45, 2.75) is 19.9 Å². The summed E-state index contributed by atoms with van der Waals surface area (Å²) in [5, 5.41) is 7.77. The Hall–Kier alpha value is -2.53. The first-order valence-corrected chi connectivity index (χ1v) is 13.1. The summed E-state index contributed by atoms with van der Waals surface area (Å²) in [6, 6.07) is 10.3. The van der Waals surface area contributed by atoms with Crippen molar-refractivity contribution >= 4 is 54.3 Å². The van der Waals surface area contributed by atoms with Gasteiger partial charge in [0, 0.05) is 43.0 Å². The lowest BCUT2D eigenvalue weighted by Crippen LogP contribution is -2.37. The van der Waals surface area contributed by atoms with Gasteiger partial charge in [0.1, 0.15) is 17.5 Å². The zero-order valence-electron chi connectivity index (χ0n) is 19.1. The van der Waals surface area contributed by atoms with Crippen LogP contribution in [0.2, 0.25) is 0 Å². The van der Waals surface area contributed by atoms with E-state index in [4.69, 9.17) is 14.7 Å². The summed E-state index contributed by atoms with van der Waals surface area (Å²) in [7, 11) is 0. The summed E-state index contributed by atoms with van der Waals surface area (Å²) >= 11 is 5.16. The van der Waals surface area contributed by atoms with Crippen molar-refractivity contribution in [1.82, 2.24) is 24.4 Å². The van der Waals surface area contributed by atoms with Gasteiger partial charge in [-0.15, -0.1) is 0 Å². The molecule has 1 fully saturated rings. The summed E-state index contributed by atoms with van der Waals surface area (Å²) < 4.78 is 9.75. The number of morpholine rings is 1. The van der Waals surface area contributed by atoms with Crippen LogP contribution in [0.3, 0.4) is 0 Å². The molecule has 0 unspecified atom stereocenters. The number of rotatable bonds is 9. The number of ether oxygens (including phenoxy) is 1. The molecule has 1 aromatic carbocycles. The second-order valence-electron chi connectivity index (χ2n) is 8.34. The van der Waals surface area contributed by atoms with E-state index in [2.05, 4.69) is 59.2 Å². The minimum absolute atomic E-state index is 0.734. The van der Waals surface area contributed by atoms with Crippen LogP contribution in [0.1, 0.15) is 17.8 Å². The number of nitrogens with one attached hydrogen (secondary N) is 2. The third kappa shape index (κ3) is 5.93. The predicted octanol–water partition coefficient (Wildman–Crippen LogP) is 4.88. The topological polar surface area (TPSA) is 80.1 Å². The van der Waals surface area contributed by atoms with Gasteiger partial charge < -0.3 is 19.9 Å². The highest BCUT2D eigenvalue weighted by Gasteiger charge is 2.11. The number of imidazole rings is 1. The van der Waals surface area contributed by atoms with Crippen molar-refractivity contribution in [1.29, 1.82) is 0 Å². The fourth-order valence-electron chi connectivity index (χ4n) is 4.01. The number of aryl methyl sites for hydroxylation is 1. The predicted molar refractivity (Wildman–Crippen MR) is 141 cm³/mol. The van der Waals surface area contributed by atoms with Gasteiger partial charge in [0.05, 0.1) is 23.4 Å². The second-order valence-corrected chi connectivity index (χ2v) is 10.3. The normalized spacial score (nSPS) is 14.5. The molecule has 178 valence electrons. The van der Waals surface area contributed by atoms with Crippen molar-refractivity contribution in [2.75, 3.05) is 50.0 Å². The van der Waals surface area contributed by atoms with E-state index >= 15 is 0 Å². The molecule has 0 spiro atoms. The highest BCUT2D eigenvalue weighted by molar-refractivity contribution is 9.10. The average molecular weight is 543 g/mol.